The van der Waals surface area contributed by atoms with Crippen molar-refractivity contribution in [1.82, 2.24) is 0 Å². The number of methoxy groups -OCH3 is 2. The lowest BCUT2D eigenvalue weighted by Crippen LogP contribution is -2.01. The van der Waals surface area contributed by atoms with Crippen molar-refractivity contribution < 1.29 is 14.2 Å². The second-order valence-electron chi connectivity index (χ2n) is 4.24. The van der Waals surface area contributed by atoms with Crippen LogP contribution in [-0.2, 0) is 12.5 Å². The first-order valence-electron chi connectivity index (χ1n) is 6.26. The van der Waals surface area contributed by atoms with Crippen LogP contribution in [0.2, 0.25) is 0 Å². The normalized spacial score (nSPS) is 10.2. The number of ether oxygens (including phenoxy) is 3. The summed E-state index contributed by atoms with van der Waals surface area (Å²) in [6.07, 6.45) is 0. The van der Waals surface area contributed by atoms with Gasteiger partial charge in [-0.25, -0.2) is 0 Å². The van der Waals surface area contributed by atoms with Gasteiger partial charge in [0.1, 0.15) is 6.61 Å². The molecule has 2 aromatic carbocycles. The average Bonchev–Trinajstić information content (AvgIpc) is 2.52. The van der Waals surface area contributed by atoms with Crippen LogP contribution in [0.1, 0.15) is 11.1 Å². The van der Waals surface area contributed by atoms with Gasteiger partial charge in [0.25, 0.3) is 0 Å². The molecule has 0 saturated carbocycles. The molecule has 0 spiro atoms. The van der Waals surface area contributed by atoms with Crippen LogP contribution < -0.4 is 14.2 Å². The zero-order valence-corrected chi connectivity index (χ0v) is 12.3. The molecule has 106 valence electrons. The van der Waals surface area contributed by atoms with Gasteiger partial charge in [0.2, 0.25) is 5.75 Å². The highest BCUT2D eigenvalue weighted by atomic mass is 35.5. The van der Waals surface area contributed by atoms with Gasteiger partial charge in [-0.1, -0.05) is 30.3 Å². The quantitative estimate of drug-likeness (QED) is 0.753. The minimum atomic E-state index is 0.395. The predicted octanol–water partition coefficient (Wildman–Crippen LogP) is 4.02. The monoisotopic (exact) mass is 292 g/mol. The second-order valence-corrected chi connectivity index (χ2v) is 4.50. The Kier molecular flexibility index (Phi) is 5.13. The Bertz CT molecular complexity index is 530. The van der Waals surface area contributed by atoms with Crippen molar-refractivity contribution in [2.24, 2.45) is 0 Å². The number of hydrogen-bond donors (Lipinski definition) is 0. The molecule has 2 aromatic rings. The van der Waals surface area contributed by atoms with Crippen molar-refractivity contribution >= 4 is 11.6 Å². The van der Waals surface area contributed by atoms with Crippen LogP contribution >= 0.6 is 11.6 Å². The molecule has 0 heterocycles. The molecule has 0 radical (unpaired) electrons. The maximum Gasteiger partial charge on any atom is 0.203 e. The summed E-state index contributed by atoms with van der Waals surface area (Å²) in [5.41, 5.74) is 2.01. The van der Waals surface area contributed by atoms with Crippen molar-refractivity contribution in [2.45, 2.75) is 12.5 Å². The number of halogens is 1. The molecule has 0 N–H and O–H groups in total. The van der Waals surface area contributed by atoms with Crippen LogP contribution in [0.4, 0.5) is 0 Å². The van der Waals surface area contributed by atoms with Crippen LogP contribution in [0, 0.1) is 0 Å². The molecule has 0 aliphatic heterocycles. The maximum absolute atomic E-state index is 5.86. The molecule has 4 heteroatoms. The number of alkyl halides is 1. The summed E-state index contributed by atoms with van der Waals surface area (Å²) in [5.74, 6) is 2.23. The van der Waals surface area contributed by atoms with Gasteiger partial charge in [-0.2, -0.15) is 0 Å². The molecule has 0 unspecified atom stereocenters. The molecule has 0 bridgehead atoms. The Morgan fingerprint density at radius 2 is 1.50 bits per heavy atom. The third kappa shape index (κ3) is 3.36. The van der Waals surface area contributed by atoms with E-state index < -0.39 is 0 Å². The standard InChI is InChI=1S/C16H17ClO3/c1-18-14-8-13(10-17)9-15(19-2)16(14)20-11-12-6-4-3-5-7-12/h3-9H,10-11H2,1-2H3. The molecule has 0 aliphatic rings. The molecule has 20 heavy (non-hydrogen) atoms. The third-order valence-corrected chi connectivity index (χ3v) is 3.21. The van der Waals surface area contributed by atoms with Gasteiger partial charge < -0.3 is 14.2 Å². The van der Waals surface area contributed by atoms with Crippen molar-refractivity contribution in [3.05, 3.63) is 53.6 Å². The molecule has 0 fully saturated rings. The molecule has 2 rings (SSSR count). The van der Waals surface area contributed by atoms with E-state index in [4.69, 9.17) is 25.8 Å². The van der Waals surface area contributed by atoms with Crippen molar-refractivity contribution in [1.29, 1.82) is 0 Å². The summed E-state index contributed by atoms with van der Waals surface area (Å²) in [6, 6.07) is 13.7. The first kappa shape index (κ1) is 14.5. The Balaban J connectivity index is 2.25. The highest BCUT2D eigenvalue weighted by Crippen LogP contribution is 2.39. The van der Waals surface area contributed by atoms with Crippen molar-refractivity contribution in [3.63, 3.8) is 0 Å². The van der Waals surface area contributed by atoms with E-state index in [1.54, 1.807) is 14.2 Å². The smallest absolute Gasteiger partial charge is 0.203 e. The molecule has 3 nitrogen and oxygen atoms in total. The highest BCUT2D eigenvalue weighted by molar-refractivity contribution is 6.17. The first-order valence-corrected chi connectivity index (χ1v) is 6.79. The van der Waals surface area contributed by atoms with Crippen molar-refractivity contribution in [3.8, 4) is 17.2 Å². The number of benzene rings is 2. The molecule has 0 atom stereocenters. The summed E-state index contributed by atoms with van der Waals surface area (Å²) >= 11 is 5.86. The Hall–Kier alpha value is -1.87. The highest BCUT2D eigenvalue weighted by Gasteiger charge is 2.14. The fourth-order valence-corrected chi connectivity index (χ4v) is 2.04. The predicted molar refractivity (Wildman–Crippen MR) is 79.9 cm³/mol. The van der Waals surface area contributed by atoms with Crippen LogP contribution in [-0.4, -0.2) is 14.2 Å². The molecular formula is C16H17ClO3. The van der Waals surface area contributed by atoms with E-state index in [9.17, 15) is 0 Å². The van der Waals surface area contributed by atoms with Crippen molar-refractivity contribution in [2.75, 3.05) is 14.2 Å². The minimum absolute atomic E-state index is 0.395. The third-order valence-electron chi connectivity index (χ3n) is 2.90. The fraction of sp³-hybridized carbons (Fsp3) is 0.250. The Morgan fingerprint density at radius 3 is 2.00 bits per heavy atom. The van der Waals surface area contributed by atoms with Gasteiger partial charge in [0.15, 0.2) is 11.5 Å². The van der Waals surface area contributed by atoms with Crippen LogP contribution in [0.5, 0.6) is 17.2 Å². The van der Waals surface area contributed by atoms with Gasteiger partial charge in [0, 0.05) is 5.88 Å². The lowest BCUT2D eigenvalue weighted by atomic mass is 10.2. The topological polar surface area (TPSA) is 27.7 Å². The second kappa shape index (κ2) is 7.06. The fourth-order valence-electron chi connectivity index (χ4n) is 1.88. The first-order chi connectivity index (χ1) is 9.78. The van der Waals surface area contributed by atoms with E-state index in [0.29, 0.717) is 29.7 Å². The van der Waals surface area contributed by atoms with E-state index in [0.717, 1.165) is 11.1 Å². The van der Waals surface area contributed by atoms with Crippen LogP contribution in [0.25, 0.3) is 0 Å². The molecule has 0 aromatic heterocycles. The van der Waals surface area contributed by atoms with Gasteiger partial charge in [-0.05, 0) is 23.3 Å². The maximum atomic E-state index is 5.86. The van der Waals surface area contributed by atoms with Gasteiger partial charge in [-0.3, -0.25) is 0 Å². The lowest BCUT2D eigenvalue weighted by Gasteiger charge is -2.15. The average molecular weight is 293 g/mol. The zero-order valence-electron chi connectivity index (χ0n) is 11.6. The summed E-state index contributed by atoms with van der Waals surface area (Å²) in [5, 5.41) is 0. The SMILES string of the molecule is COc1cc(CCl)cc(OC)c1OCc1ccccc1. The molecular weight excluding hydrogens is 276 g/mol. The summed E-state index contributed by atoms with van der Waals surface area (Å²) in [7, 11) is 3.20. The number of rotatable bonds is 6. The summed E-state index contributed by atoms with van der Waals surface area (Å²) in [6.45, 7) is 0.452. The molecule has 0 saturated heterocycles. The van der Waals surface area contributed by atoms with Gasteiger partial charge >= 0.3 is 0 Å². The van der Waals surface area contributed by atoms with Crippen LogP contribution in [0.3, 0.4) is 0 Å². The van der Waals surface area contributed by atoms with E-state index in [2.05, 4.69) is 0 Å². The van der Waals surface area contributed by atoms with E-state index >= 15 is 0 Å². The van der Waals surface area contributed by atoms with E-state index in [1.165, 1.54) is 0 Å². The Labute approximate surface area is 124 Å². The zero-order chi connectivity index (χ0) is 14.4. The largest absolute Gasteiger partial charge is 0.493 e. The summed E-state index contributed by atoms with van der Waals surface area (Å²) < 4.78 is 16.6. The van der Waals surface area contributed by atoms with E-state index in [-0.39, 0.29) is 0 Å². The van der Waals surface area contributed by atoms with Gasteiger partial charge in [-0.15, -0.1) is 11.6 Å². The van der Waals surface area contributed by atoms with Crippen LogP contribution in [0.15, 0.2) is 42.5 Å². The van der Waals surface area contributed by atoms with E-state index in [1.807, 2.05) is 42.5 Å². The lowest BCUT2D eigenvalue weighted by molar-refractivity contribution is 0.265. The Morgan fingerprint density at radius 1 is 0.900 bits per heavy atom. The van der Waals surface area contributed by atoms with Gasteiger partial charge in [0.05, 0.1) is 14.2 Å². The minimum Gasteiger partial charge on any atom is -0.493 e. The number of hydrogen-bond acceptors (Lipinski definition) is 3. The summed E-state index contributed by atoms with van der Waals surface area (Å²) in [4.78, 5) is 0. The molecule has 0 amide bonds. The molecule has 0 aliphatic carbocycles.